The van der Waals surface area contributed by atoms with E-state index in [0.717, 1.165) is 50.3 Å². The third kappa shape index (κ3) is 4.30. The molecule has 0 aliphatic heterocycles. The van der Waals surface area contributed by atoms with Gasteiger partial charge in [0.25, 0.3) is 0 Å². The van der Waals surface area contributed by atoms with Crippen LogP contribution in [0.5, 0.6) is 0 Å². The van der Waals surface area contributed by atoms with Crippen LogP contribution in [0.3, 0.4) is 0 Å². The minimum atomic E-state index is -0.108. The quantitative estimate of drug-likeness (QED) is 0.761. The maximum atomic E-state index is 14.1. The van der Waals surface area contributed by atoms with Crippen LogP contribution in [0.2, 0.25) is 0 Å². The maximum Gasteiger partial charge on any atom is 0.146 e. The van der Waals surface area contributed by atoms with Crippen molar-refractivity contribution < 1.29 is 4.39 Å². The summed E-state index contributed by atoms with van der Waals surface area (Å²) in [6.07, 6.45) is 2.24. The van der Waals surface area contributed by atoms with Gasteiger partial charge >= 0.3 is 0 Å². The summed E-state index contributed by atoms with van der Waals surface area (Å²) in [6.45, 7) is 9.69. The molecule has 0 bridgehead atoms. The molecule has 18 heavy (non-hydrogen) atoms. The second-order valence-electron chi connectivity index (χ2n) is 4.50. The van der Waals surface area contributed by atoms with E-state index in [1.54, 1.807) is 6.07 Å². The first kappa shape index (κ1) is 15.0. The van der Waals surface area contributed by atoms with Crippen LogP contribution in [0.4, 0.5) is 10.1 Å². The van der Waals surface area contributed by atoms with Gasteiger partial charge in [-0.2, -0.15) is 0 Å². The van der Waals surface area contributed by atoms with Crippen molar-refractivity contribution in [3.63, 3.8) is 0 Å². The summed E-state index contributed by atoms with van der Waals surface area (Å²) in [5, 5.41) is 3.21. The van der Waals surface area contributed by atoms with Crippen LogP contribution >= 0.6 is 0 Å². The molecule has 2 nitrogen and oxygen atoms in total. The van der Waals surface area contributed by atoms with Crippen molar-refractivity contribution in [2.45, 2.75) is 40.2 Å². The van der Waals surface area contributed by atoms with Gasteiger partial charge in [-0.15, -0.1) is 0 Å². The van der Waals surface area contributed by atoms with Crippen LogP contribution in [-0.4, -0.2) is 19.6 Å². The van der Waals surface area contributed by atoms with Crippen molar-refractivity contribution in [2.75, 3.05) is 24.5 Å². The molecule has 0 saturated carbocycles. The normalized spacial score (nSPS) is 10.7. The molecule has 0 heterocycles. The average Bonchev–Trinajstić information content (AvgIpc) is 2.39. The van der Waals surface area contributed by atoms with Gasteiger partial charge in [0.1, 0.15) is 5.82 Å². The lowest BCUT2D eigenvalue weighted by Gasteiger charge is -2.23. The molecule has 0 aliphatic rings. The summed E-state index contributed by atoms with van der Waals surface area (Å²) in [7, 11) is 0. The summed E-state index contributed by atoms with van der Waals surface area (Å²) >= 11 is 0. The van der Waals surface area contributed by atoms with E-state index < -0.39 is 0 Å². The number of benzene rings is 1. The molecule has 1 N–H and O–H groups in total. The number of anilines is 1. The van der Waals surface area contributed by atoms with Gasteiger partial charge in [-0.05, 0) is 37.6 Å². The Hall–Kier alpha value is -1.09. The smallest absolute Gasteiger partial charge is 0.146 e. The van der Waals surface area contributed by atoms with Crippen LogP contribution in [0, 0.1) is 5.82 Å². The number of halogens is 1. The topological polar surface area (TPSA) is 15.3 Å². The third-order valence-corrected chi connectivity index (χ3v) is 3.10. The first-order valence-corrected chi connectivity index (χ1v) is 6.97. The molecule has 0 atom stereocenters. The van der Waals surface area contributed by atoms with Gasteiger partial charge in [-0.3, -0.25) is 0 Å². The highest BCUT2D eigenvalue weighted by atomic mass is 19.1. The molecule has 1 aromatic rings. The summed E-state index contributed by atoms with van der Waals surface area (Å²) in [5.41, 5.74) is 1.73. The zero-order valence-electron chi connectivity index (χ0n) is 11.8. The first-order valence-electron chi connectivity index (χ1n) is 6.97. The zero-order valence-corrected chi connectivity index (χ0v) is 11.8. The fourth-order valence-electron chi connectivity index (χ4n) is 1.98. The van der Waals surface area contributed by atoms with Crippen LogP contribution in [0.15, 0.2) is 18.2 Å². The largest absolute Gasteiger partial charge is 0.369 e. The molecule has 0 aromatic heterocycles. The highest BCUT2D eigenvalue weighted by molar-refractivity contribution is 5.49. The first-order chi connectivity index (χ1) is 8.72. The number of nitrogens with zero attached hydrogens (tertiary/aromatic N) is 1. The summed E-state index contributed by atoms with van der Waals surface area (Å²) in [4.78, 5) is 2.11. The molecule has 0 saturated heterocycles. The van der Waals surface area contributed by atoms with Gasteiger partial charge in [0.05, 0.1) is 5.69 Å². The van der Waals surface area contributed by atoms with E-state index in [4.69, 9.17) is 0 Å². The van der Waals surface area contributed by atoms with E-state index in [1.807, 2.05) is 19.1 Å². The molecular weight excluding hydrogens is 227 g/mol. The monoisotopic (exact) mass is 252 g/mol. The molecule has 0 fully saturated rings. The van der Waals surface area contributed by atoms with Crippen molar-refractivity contribution in [1.82, 2.24) is 5.32 Å². The molecular formula is C15H25FN2. The van der Waals surface area contributed by atoms with Crippen molar-refractivity contribution in [3.8, 4) is 0 Å². The summed E-state index contributed by atoms with van der Waals surface area (Å²) in [6, 6.07) is 5.56. The van der Waals surface area contributed by atoms with Gasteiger partial charge in [0, 0.05) is 19.6 Å². The Morgan fingerprint density at radius 1 is 1.22 bits per heavy atom. The van der Waals surface area contributed by atoms with Gasteiger partial charge < -0.3 is 10.2 Å². The molecule has 0 amide bonds. The molecule has 0 aliphatic carbocycles. The molecule has 1 rings (SSSR count). The second kappa shape index (κ2) is 8.09. The van der Waals surface area contributed by atoms with E-state index in [1.165, 1.54) is 0 Å². The van der Waals surface area contributed by atoms with Crippen molar-refractivity contribution in [3.05, 3.63) is 29.6 Å². The number of hydrogen-bond acceptors (Lipinski definition) is 2. The van der Waals surface area contributed by atoms with E-state index >= 15 is 0 Å². The molecule has 102 valence electrons. The number of rotatable bonds is 8. The lowest BCUT2D eigenvalue weighted by Crippen LogP contribution is -2.25. The third-order valence-electron chi connectivity index (χ3n) is 3.10. The highest BCUT2D eigenvalue weighted by Crippen LogP contribution is 2.21. The number of hydrogen-bond donors (Lipinski definition) is 1. The average molecular weight is 252 g/mol. The van der Waals surface area contributed by atoms with Crippen molar-refractivity contribution in [1.29, 1.82) is 0 Å². The highest BCUT2D eigenvalue weighted by Gasteiger charge is 2.09. The Labute approximate surface area is 110 Å². The van der Waals surface area contributed by atoms with Crippen molar-refractivity contribution >= 4 is 5.69 Å². The van der Waals surface area contributed by atoms with E-state index in [9.17, 15) is 4.39 Å². The molecule has 0 radical (unpaired) electrons. The second-order valence-corrected chi connectivity index (χ2v) is 4.50. The molecule has 0 unspecified atom stereocenters. The predicted octanol–water partition coefficient (Wildman–Crippen LogP) is 3.56. The lowest BCUT2D eigenvalue weighted by atomic mass is 10.1. The maximum absolute atomic E-state index is 14.1. The van der Waals surface area contributed by atoms with Gasteiger partial charge in [-0.1, -0.05) is 26.3 Å². The summed E-state index contributed by atoms with van der Waals surface area (Å²) < 4.78 is 14.1. The SMILES string of the molecule is CCCCN(CC)c1ccc(CNCC)cc1F. The van der Waals surface area contributed by atoms with E-state index in [2.05, 4.69) is 24.1 Å². The fraction of sp³-hybridized carbons (Fsp3) is 0.600. The fourth-order valence-corrected chi connectivity index (χ4v) is 1.98. The minimum absolute atomic E-state index is 0.108. The molecule has 3 heteroatoms. The summed E-state index contributed by atoms with van der Waals surface area (Å²) in [5.74, 6) is -0.108. The molecule has 1 aromatic carbocycles. The van der Waals surface area contributed by atoms with Crippen LogP contribution in [-0.2, 0) is 6.54 Å². The predicted molar refractivity (Wildman–Crippen MR) is 76.6 cm³/mol. The Morgan fingerprint density at radius 3 is 2.56 bits per heavy atom. The Morgan fingerprint density at radius 2 is 2.00 bits per heavy atom. The Balaban J connectivity index is 2.75. The van der Waals surface area contributed by atoms with E-state index in [0.29, 0.717) is 0 Å². The number of unbranched alkanes of at least 4 members (excludes halogenated alkanes) is 1. The lowest BCUT2D eigenvalue weighted by molar-refractivity contribution is 0.609. The van der Waals surface area contributed by atoms with Crippen molar-refractivity contribution in [2.24, 2.45) is 0 Å². The van der Waals surface area contributed by atoms with Gasteiger partial charge in [0.15, 0.2) is 0 Å². The Kier molecular flexibility index (Phi) is 6.73. The molecule has 0 spiro atoms. The van der Waals surface area contributed by atoms with E-state index in [-0.39, 0.29) is 5.82 Å². The van der Waals surface area contributed by atoms with Crippen LogP contribution in [0.25, 0.3) is 0 Å². The zero-order chi connectivity index (χ0) is 13.4. The van der Waals surface area contributed by atoms with Crippen LogP contribution < -0.4 is 10.2 Å². The standard InChI is InChI=1S/C15H25FN2/c1-4-7-10-18(6-3)15-9-8-13(11-14(15)16)12-17-5-2/h8-9,11,17H,4-7,10,12H2,1-3H3. The minimum Gasteiger partial charge on any atom is -0.369 e. The number of nitrogens with one attached hydrogen (secondary N) is 1. The van der Waals surface area contributed by atoms with Gasteiger partial charge in [-0.25, -0.2) is 4.39 Å². The van der Waals surface area contributed by atoms with Gasteiger partial charge in [0.2, 0.25) is 0 Å². The van der Waals surface area contributed by atoms with Crippen LogP contribution in [0.1, 0.15) is 39.2 Å². The Bertz CT molecular complexity index is 352.